The summed E-state index contributed by atoms with van der Waals surface area (Å²) in [6, 6.07) is 17.1. The number of nitrogens with one attached hydrogen (secondary N) is 1. The molecule has 2 aromatic rings. The third kappa shape index (κ3) is 3.47. The molecule has 1 aliphatic rings. The summed E-state index contributed by atoms with van der Waals surface area (Å²) in [5, 5.41) is 3.10. The van der Waals surface area contributed by atoms with Crippen LogP contribution < -0.4 is 13.9 Å². The molecular formula is C18H25N3O3S. The molecule has 136 valence electrons. The van der Waals surface area contributed by atoms with Crippen LogP contribution >= 0.6 is 11.0 Å². The summed E-state index contributed by atoms with van der Waals surface area (Å²) in [5.41, 5.74) is 2.39. The smallest absolute Gasteiger partial charge is 0.0896 e. The van der Waals surface area contributed by atoms with E-state index in [1.807, 2.05) is 61.6 Å². The highest BCUT2D eigenvalue weighted by Crippen LogP contribution is 2.63. The summed E-state index contributed by atoms with van der Waals surface area (Å²) in [6.07, 6.45) is 0.697. The van der Waals surface area contributed by atoms with Gasteiger partial charge in [-0.15, -0.1) is 0 Å². The number of ether oxygens (including phenoxy) is 1. The van der Waals surface area contributed by atoms with E-state index in [1.165, 1.54) is 0 Å². The van der Waals surface area contributed by atoms with Crippen LogP contribution in [0.3, 0.4) is 0 Å². The van der Waals surface area contributed by atoms with Gasteiger partial charge in [-0.05, 0) is 48.7 Å². The topological polar surface area (TPSA) is 68.2 Å². The number of nitrogens with zero attached hydrogens (tertiary/aromatic N) is 2. The van der Waals surface area contributed by atoms with E-state index in [4.69, 9.17) is 4.74 Å². The minimum atomic E-state index is -3.17. The van der Waals surface area contributed by atoms with Crippen molar-refractivity contribution in [2.75, 3.05) is 35.9 Å². The molecule has 0 radical (unpaired) electrons. The fourth-order valence-electron chi connectivity index (χ4n) is 3.09. The molecule has 1 aliphatic heterocycles. The number of hydrogen-bond donors (Lipinski definition) is 3. The quantitative estimate of drug-likeness (QED) is 0.694. The van der Waals surface area contributed by atoms with Gasteiger partial charge in [0, 0.05) is 20.2 Å². The van der Waals surface area contributed by atoms with Gasteiger partial charge >= 0.3 is 0 Å². The van der Waals surface area contributed by atoms with Crippen LogP contribution in [0.15, 0.2) is 54.6 Å². The molecule has 0 fully saturated rings. The van der Waals surface area contributed by atoms with E-state index in [9.17, 15) is 9.11 Å². The van der Waals surface area contributed by atoms with Gasteiger partial charge in [0.15, 0.2) is 0 Å². The Kier molecular flexibility index (Phi) is 5.51. The molecule has 0 spiro atoms. The first-order valence-corrected chi connectivity index (χ1v) is 9.73. The van der Waals surface area contributed by atoms with Crippen LogP contribution in [0.25, 0.3) is 0 Å². The van der Waals surface area contributed by atoms with Crippen molar-refractivity contribution in [3.8, 4) is 0 Å². The molecule has 0 amide bonds. The molecule has 0 unspecified atom stereocenters. The second-order valence-electron chi connectivity index (χ2n) is 5.91. The molecule has 3 N–H and O–H groups in total. The van der Waals surface area contributed by atoms with Gasteiger partial charge in [-0.25, -0.2) is 4.31 Å². The molecule has 2 aromatic carbocycles. The van der Waals surface area contributed by atoms with E-state index < -0.39 is 11.0 Å². The lowest BCUT2D eigenvalue weighted by atomic mass is 10.2. The number of para-hydroxylation sites is 3. The molecule has 25 heavy (non-hydrogen) atoms. The molecule has 0 saturated carbocycles. The lowest BCUT2D eigenvalue weighted by Crippen LogP contribution is -2.35. The Morgan fingerprint density at radius 1 is 1.04 bits per heavy atom. The van der Waals surface area contributed by atoms with Crippen LogP contribution in [0.5, 0.6) is 0 Å². The molecule has 0 bridgehead atoms. The molecule has 3 rings (SSSR count). The predicted molar refractivity (Wildman–Crippen MR) is 105 cm³/mol. The minimum absolute atomic E-state index is 0.0122. The molecule has 0 aliphatic carbocycles. The monoisotopic (exact) mass is 363 g/mol. The SMILES string of the molecule is CNC[C@@H](CCN1c2ccccc2N(c2ccccc2)S1(O)O)OC. The fraction of sp³-hybridized carbons (Fsp3) is 0.333. The third-order valence-corrected chi connectivity index (χ3v) is 6.19. The molecule has 6 nitrogen and oxygen atoms in total. The molecule has 1 heterocycles. The summed E-state index contributed by atoms with van der Waals surface area (Å²) in [6.45, 7) is 1.20. The first-order chi connectivity index (χ1) is 12.1. The van der Waals surface area contributed by atoms with Crippen LogP contribution in [0.2, 0.25) is 0 Å². The summed E-state index contributed by atoms with van der Waals surface area (Å²) in [5.74, 6) is 0. The summed E-state index contributed by atoms with van der Waals surface area (Å²) in [4.78, 5) is 0. The Labute approximate surface area is 150 Å². The van der Waals surface area contributed by atoms with Crippen LogP contribution in [-0.2, 0) is 4.74 Å². The molecule has 0 aromatic heterocycles. The van der Waals surface area contributed by atoms with E-state index >= 15 is 0 Å². The Morgan fingerprint density at radius 2 is 1.68 bits per heavy atom. The standard InChI is InChI=1S/C18H25N3O3S/c1-19-14-16(24-2)12-13-20-17-10-6-7-11-18(17)21(25(20,22)23)15-8-4-3-5-9-15/h3-11,16,19,22-23H,12-14H2,1-2H3/t16-/m1/s1. The van der Waals surface area contributed by atoms with Gasteiger partial charge in [0.25, 0.3) is 0 Å². The second kappa shape index (κ2) is 7.63. The maximum absolute atomic E-state index is 11.0. The normalized spacial score (nSPS) is 18.1. The Balaban J connectivity index is 1.92. The van der Waals surface area contributed by atoms with Crippen molar-refractivity contribution in [3.63, 3.8) is 0 Å². The zero-order valence-corrected chi connectivity index (χ0v) is 15.3. The van der Waals surface area contributed by atoms with Crippen LogP contribution in [0.1, 0.15) is 6.42 Å². The van der Waals surface area contributed by atoms with Gasteiger partial charge < -0.3 is 10.1 Å². The van der Waals surface area contributed by atoms with Crippen LogP contribution in [0, 0.1) is 0 Å². The van der Waals surface area contributed by atoms with Gasteiger partial charge in [-0.2, -0.15) is 0 Å². The predicted octanol–water partition coefficient (Wildman–Crippen LogP) is 3.85. The largest absolute Gasteiger partial charge is 0.380 e. The van der Waals surface area contributed by atoms with Gasteiger partial charge in [0.1, 0.15) is 0 Å². The van der Waals surface area contributed by atoms with Crippen molar-refractivity contribution < 1.29 is 13.8 Å². The van der Waals surface area contributed by atoms with Crippen molar-refractivity contribution >= 4 is 28.0 Å². The first-order valence-electron chi connectivity index (χ1n) is 8.27. The van der Waals surface area contributed by atoms with Gasteiger partial charge in [0.2, 0.25) is 0 Å². The van der Waals surface area contributed by atoms with Crippen LogP contribution in [-0.4, -0.2) is 42.5 Å². The number of fused-ring (bicyclic) bond motifs is 1. The first kappa shape index (κ1) is 18.0. The average Bonchev–Trinajstić information content (AvgIpc) is 2.85. The zero-order valence-electron chi connectivity index (χ0n) is 14.5. The van der Waals surface area contributed by atoms with E-state index in [2.05, 4.69) is 5.32 Å². The Hall–Kier alpha value is -1.77. The second-order valence-corrected chi connectivity index (χ2v) is 7.70. The van der Waals surface area contributed by atoms with Crippen molar-refractivity contribution in [3.05, 3.63) is 54.6 Å². The highest BCUT2D eigenvalue weighted by atomic mass is 32.3. The van der Waals surface area contributed by atoms with E-state index in [-0.39, 0.29) is 6.10 Å². The summed E-state index contributed by atoms with van der Waals surface area (Å²) in [7, 11) is 0.384. The zero-order chi connectivity index (χ0) is 17.9. The number of benzene rings is 2. The molecule has 7 heteroatoms. The summed E-state index contributed by atoms with van der Waals surface area (Å²) < 4.78 is 30.9. The maximum Gasteiger partial charge on any atom is 0.0896 e. The Morgan fingerprint density at radius 3 is 2.32 bits per heavy atom. The number of methoxy groups -OCH3 is 1. The van der Waals surface area contributed by atoms with Crippen molar-refractivity contribution in [2.45, 2.75) is 12.5 Å². The highest BCUT2D eigenvalue weighted by Gasteiger charge is 2.41. The van der Waals surface area contributed by atoms with Crippen molar-refractivity contribution in [1.29, 1.82) is 0 Å². The van der Waals surface area contributed by atoms with Crippen molar-refractivity contribution in [2.24, 2.45) is 0 Å². The maximum atomic E-state index is 11.0. The van der Waals surface area contributed by atoms with Gasteiger partial charge in [-0.3, -0.25) is 13.4 Å². The third-order valence-electron chi connectivity index (χ3n) is 4.32. The van der Waals surface area contributed by atoms with E-state index in [0.717, 1.165) is 17.1 Å². The highest BCUT2D eigenvalue weighted by molar-refractivity contribution is 8.27. The number of anilines is 3. The minimum Gasteiger partial charge on any atom is -0.380 e. The number of likely N-dealkylation sites (N-methyl/N-ethyl adjacent to an activating group) is 1. The van der Waals surface area contributed by atoms with Crippen molar-refractivity contribution in [1.82, 2.24) is 5.32 Å². The number of hydrogen-bond acceptors (Lipinski definition) is 6. The number of rotatable bonds is 7. The van der Waals surface area contributed by atoms with Gasteiger partial charge in [-0.1, -0.05) is 30.3 Å². The fourth-order valence-corrected chi connectivity index (χ4v) is 4.88. The van der Waals surface area contributed by atoms with E-state index in [0.29, 0.717) is 19.5 Å². The van der Waals surface area contributed by atoms with E-state index in [1.54, 1.807) is 15.7 Å². The lowest BCUT2D eigenvalue weighted by molar-refractivity contribution is 0.0984. The molecule has 1 atom stereocenters. The average molecular weight is 363 g/mol. The van der Waals surface area contributed by atoms with Crippen LogP contribution in [0.4, 0.5) is 17.1 Å². The lowest BCUT2D eigenvalue weighted by Gasteiger charge is -2.44. The van der Waals surface area contributed by atoms with Gasteiger partial charge in [0.05, 0.1) is 23.2 Å². The molecular weight excluding hydrogens is 338 g/mol. The Bertz CT molecular complexity index is 699. The molecule has 0 saturated heterocycles. The summed E-state index contributed by atoms with van der Waals surface area (Å²) >= 11 is 0.